The van der Waals surface area contributed by atoms with Crippen LogP contribution in [0.25, 0.3) is 41.7 Å². The normalized spacial score (nSPS) is 10.0. The number of rotatable bonds is 0. The van der Waals surface area contributed by atoms with E-state index in [2.05, 4.69) is 73.9 Å². The zero-order chi connectivity index (χ0) is 23.4. The van der Waals surface area contributed by atoms with Crippen LogP contribution in [0.15, 0.2) is 36.4 Å². The summed E-state index contributed by atoms with van der Waals surface area (Å²) in [7, 11) is 0. The molecule has 0 N–H and O–H groups in total. The quantitative estimate of drug-likeness (QED) is 0.161. The zero-order valence-electron chi connectivity index (χ0n) is 20.3. The fourth-order valence-corrected chi connectivity index (χ4v) is 5.97. The Morgan fingerprint density at radius 2 is 0.875 bits per heavy atom. The van der Waals surface area contributed by atoms with Gasteiger partial charge in [0.25, 0.3) is 0 Å². The van der Waals surface area contributed by atoms with Crippen LogP contribution in [0.4, 0.5) is 0 Å². The molecule has 5 rings (SSSR count). The maximum Gasteiger partial charge on any atom is 0.0403 e. The lowest BCUT2D eigenvalue weighted by Crippen LogP contribution is -1.90. The molecule has 0 bridgehead atoms. The number of fused-ring (bicyclic) bond motifs is 4. The highest BCUT2D eigenvalue weighted by molar-refractivity contribution is 7.19. The van der Waals surface area contributed by atoms with Crippen LogP contribution >= 0.6 is 22.7 Å². The lowest BCUT2D eigenvalue weighted by atomic mass is 9.90. The molecule has 0 unspecified atom stereocenters. The molecule has 0 aliphatic carbocycles. The van der Waals surface area contributed by atoms with E-state index in [9.17, 15) is 0 Å². The maximum atomic E-state index is 3.42. The molecule has 2 heteroatoms. The van der Waals surface area contributed by atoms with Crippen molar-refractivity contribution in [1.29, 1.82) is 0 Å². The minimum Gasteiger partial charge on any atom is -0.141 e. The Hall–Kier alpha value is -2.78. The summed E-state index contributed by atoms with van der Waals surface area (Å²) in [4.78, 5) is 2.66. The molecule has 0 radical (unpaired) electrons. The summed E-state index contributed by atoms with van der Waals surface area (Å²) in [5, 5.41) is 7.41. The van der Waals surface area contributed by atoms with Gasteiger partial charge in [-0.15, -0.1) is 34.5 Å². The van der Waals surface area contributed by atoms with Gasteiger partial charge in [0, 0.05) is 41.1 Å². The van der Waals surface area contributed by atoms with Crippen molar-refractivity contribution in [1.82, 2.24) is 0 Å². The van der Waals surface area contributed by atoms with E-state index in [1.165, 1.54) is 51.5 Å². The van der Waals surface area contributed by atoms with Crippen LogP contribution in [0.5, 0.6) is 0 Å². The van der Waals surface area contributed by atoms with Crippen molar-refractivity contribution in [3.05, 3.63) is 57.3 Å². The van der Waals surface area contributed by atoms with Gasteiger partial charge in [0.1, 0.15) is 0 Å². The monoisotopic (exact) mass is 454 g/mol. The maximum absolute atomic E-state index is 3.42. The van der Waals surface area contributed by atoms with Gasteiger partial charge >= 0.3 is 0 Å². The molecule has 3 aromatic carbocycles. The molecule has 0 saturated carbocycles. The molecular formula is C30H30S2. The summed E-state index contributed by atoms with van der Waals surface area (Å²) in [5.41, 5.74) is 2.24. The zero-order valence-corrected chi connectivity index (χ0v) is 21.9. The van der Waals surface area contributed by atoms with Gasteiger partial charge in [-0.25, -0.2) is 0 Å². The molecular weight excluding hydrogens is 424 g/mol. The number of benzene rings is 3. The number of aryl methyl sites for hydroxylation is 2. The molecule has 162 valence electrons. The average molecular weight is 455 g/mol. The molecule has 0 aliphatic heterocycles. The van der Waals surface area contributed by atoms with Crippen LogP contribution in [0.2, 0.25) is 0 Å². The summed E-state index contributed by atoms with van der Waals surface area (Å²) in [5.74, 6) is 13.1. The molecule has 2 heterocycles. The van der Waals surface area contributed by atoms with Crippen molar-refractivity contribution in [3.8, 4) is 23.7 Å². The first-order valence-corrected chi connectivity index (χ1v) is 12.9. The van der Waals surface area contributed by atoms with Crippen molar-refractivity contribution in [3.63, 3.8) is 0 Å². The number of hydrogen-bond donors (Lipinski definition) is 0. The second-order valence-electron chi connectivity index (χ2n) is 7.09. The van der Waals surface area contributed by atoms with E-state index in [1.807, 2.05) is 64.2 Å². The summed E-state index contributed by atoms with van der Waals surface area (Å²) in [6.45, 7) is 16.2. The third kappa shape index (κ3) is 4.14. The standard InChI is InChI=1S/C26H18S2.2C2H6/c1-5-7-19-21-11-17-9-15(3)28-26(17)14-24(21)20(8-6-2)22-12-18-10-16(4)27-25(18)13-23(19)22;2*1-2/h9-14H,1-4H3;2*1-2H3. The fraction of sp³-hybridized carbons (Fsp3) is 0.267. The first-order chi connectivity index (χ1) is 15.6. The summed E-state index contributed by atoms with van der Waals surface area (Å²) >= 11 is 3.68. The Balaban J connectivity index is 0.000000686. The number of thiophene rings is 2. The SMILES string of the molecule is CC.CC.CC#Cc1c2cc3cc(C)sc3cc2c(C#CC)c2cc3cc(C)sc3cc12. The van der Waals surface area contributed by atoms with Gasteiger partial charge in [-0.3, -0.25) is 0 Å². The minimum absolute atomic E-state index is 1.12. The molecule has 0 amide bonds. The molecule has 0 aliphatic rings. The third-order valence-electron chi connectivity index (χ3n) is 5.14. The van der Waals surface area contributed by atoms with E-state index in [0.717, 1.165) is 11.1 Å². The van der Waals surface area contributed by atoms with Crippen LogP contribution < -0.4 is 0 Å². The van der Waals surface area contributed by atoms with Crippen LogP contribution in [-0.4, -0.2) is 0 Å². The Morgan fingerprint density at radius 3 is 1.22 bits per heavy atom. The van der Waals surface area contributed by atoms with Gasteiger partial charge in [-0.2, -0.15) is 0 Å². The molecule has 0 spiro atoms. The highest BCUT2D eigenvalue weighted by Gasteiger charge is 2.15. The van der Waals surface area contributed by atoms with Gasteiger partial charge in [-0.05, 0) is 85.6 Å². The smallest absolute Gasteiger partial charge is 0.0403 e. The molecule has 0 atom stereocenters. The first-order valence-electron chi connectivity index (χ1n) is 11.3. The van der Waals surface area contributed by atoms with Crippen molar-refractivity contribution >= 4 is 64.4 Å². The topological polar surface area (TPSA) is 0 Å². The predicted octanol–water partition coefficient (Wildman–Crippen LogP) is 9.83. The summed E-state index contributed by atoms with van der Waals surface area (Å²) in [6, 6.07) is 13.8. The van der Waals surface area contributed by atoms with Crippen LogP contribution in [0.3, 0.4) is 0 Å². The molecule has 2 aromatic heterocycles. The van der Waals surface area contributed by atoms with Crippen LogP contribution in [-0.2, 0) is 0 Å². The van der Waals surface area contributed by atoms with E-state index >= 15 is 0 Å². The van der Waals surface area contributed by atoms with Gasteiger partial charge < -0.3 is 0 Å². The lowest BCUT2D eigenvalue weighted by Gasteiger charge is -2.12. The van der Waals surface area contributed by atoms with Crippen molar-refractivity contribution in [2.24, 2.45) is 0 Å². The third-order valence-corrected chi connectivity index (χ3v) is 7.16. The van der Waals surface area contributed by atoms with Gasteiger partial charge in [0.05, 0.1) is 0 Å². The van der Waals surface area contributed by atoms with E-state index in [0.29, 0.717) is 0 Å². The highest BCUT2D eigenvalue weighted by Crippen LogP contribution is 2.40. The van der Waals surface area contributed by atoms with Crippen LogP contribution in [0.1, 0.15) is 62.4 Å². The van der Waals surface area contributed by atoms with Crippen LogP contribution in [0, 0.1) is 37.5 Å². The summed E-state index contributed by atoms with van der Waals surface area (Å²) in [6.07, 6.45) is 0. The second kappa shape index (κ2) is 10.2. The first kappa shape index (κ1) is 23.9. The van der Waals surface area contributed by atoms with Crippen molar-refractivity contribution in [2.75, 3.05) is 0 Å². The molecule has 5 aromatic rings. The average Bonchev–Trinajstić information content (AvgIpc) is 3.35. The van der Waals surface area contributed by atoms with Gasteiger partial charge in [0.15, 0.2) is 0 Å². The Morgan fingerprint density at radius 1 is 0.531 bits per heavy atom. The molecule has 0 saturated heterocycles. The highest BCUT2D eigenvalue weighted by atomic mass is 32.1. The second-order valence-corrected chi connectivity index (χ2v) is 9.66. The predicted molar refractivity (Wildman–Crippen MR) is 149 cm³/mol. The lowest BCUT2D eigenvalue weighted by molar-refractivity contribution is 1.50. The fourth-order valence-electron chi connectivity index (χ4n) is 4.08. The van der Waals surface area contributed by atoms with E-state index < -0.39 is 0 Å². The Bertz CT molecular complexity index is 1340. The van der Waals surface area contributed by atoms with Crippen molar-refractivity contribution in [2.45, 2.75) is 55.4 Å². The number of hydrogen-bond acceptors (Lipinski definition) is 2. The van der Waals surface area contributed by atoms with E-state index in [1.54, 1.807) is 0 Å². The largest absolute Gasteiger partial charge is 0.141 e. The molecule has 0 fully saturated rings. The molecule has 32 heavy (non-hydrogen) atoms. The van der Waals surface area contributed by atoms with Gasteiger partial charge in [-0.1, -0.05) is 39.5 Å². The van der Waals surface area contributed by atoms with Gasteiger partial charge in [0.2, 0.25) is 0 Å². The van der Waals surface area contributed by atoms with Crippen molar-refractivity contribution < 1.29 is 0 Å². The Kier molecular flexibility index (Phi) is 7.63. The molecule has 0 nitrogen and oxygen atoms in total. The van der Waals surface area contributed by atoms with E-state index in [-0.39, 0.29) is 0 Å². The minimum atomic E-state index is 1.12. The van der Waals surface area contributed by atoms with E-state index in [4.69, 9.17) is 0 Å². The Labute approximate surface area is 200 Å². The summed E-state index contributed by atoms with van der Waals surface area (Å²) < 4.78 is 2.62.